The minimum absolute atomic E-state index is 0.0624. The molecule has 0 saturated carbocycles. The van der Waals surface area contributed by atoms with Gasteiger partial charge in [0.2, 0.25) is 0 Å². The monoisotopic (exact) mass is 292 g/mol. The van der Waals surface area contributed by atoms with Crippen molar-refractivity contribution >= 4 is 5.91 Å². The Morgan fingerprint density at radius 3 is 2.81 bits per heavy atom. The molecule has 0 spiro atoms. The molecule has 1 heterocycles. The van der Waals surface area contributed by atoms with E-state index in [0.717, 1.165) is 29.0 Å². The summed E-state index contributed by atoms with van der Waals surface area (Å²) < 4.78 is 10.8. The Morgan fingerprint density at radius 1 is 1.43 bits per heavy atom. The van der Waals surface area contributed by atoms with Crippen molar-refractivity contribution in [1.29, 1.82) is 0 Å². The maximum absolute atomic E-state index is 12.2. The first-order valence-electron chi connectivity index (χ1n) is 7.31. The lowest BCUT2D eigenvalue weighted by molar-refractivity contribution is -0.134. The predicted octanol–water partition coefficient (Wildman–Crippen LogP) is 1.48. The zero-order valence-electron chi connectivity index (χ0n) is 13.2. The second-order valence-electron chi connectivity index (χ2n) is 5.40. The molecular formula is C16H24N2O3. The van der Waals surface area contributed by atoms with Crippen molar-refractivity contribution in [3.05, 3.63) is 28.8 Å². The molecule has 1 aliphatic heterocycles. The molecule has 2 N–H and O–H groups in total. The van der Waals surface area contributed by atoms with Gasteiger partial charge in [0.15, 0.2) is 0 Å². The van der Waals surface area contributed by atoms with E-state index in [0.29, 0.717) is 13.2 Å². The van der Waals surface area contributed by atoms with E-state index in [9.17, 15) is 4.79 Å². The van der Waals surface area contributed by atoms with Gasteiger partial charge in [-0.25, -0.2) is 0 Å². The molecule has 0 radical (unpaired) electrons. The molecule has 1 saturated heterocycles. The number of rotatable bonds is 4. The van der Waals surface area contributed by atoms with E-state index < -0.39 is 6.10 Å². The number of ether oxygens (including phenoxy) is 2. The van der Waals surface area contributed by atoms with Crippen molar-refractivity contribution < 1.29 is 14.3 Å². The third-order valence-corrected chi connectivity index (χ3v) is 4.04. The van der Waals surface area contributed by atoms with Crippen molar-refractivity contribution in [1.82, 2.24) is 10.6 Å². The van der Waals surface area contributed by atoms with Gasteiger partial charge in [-0.3, -0.25) is 4.79 Å². The highest BCUT2D eigenvalue weighted by molar-refractivity contribution is 5.81. The fraction of sp³-hybridized carbons (Fsp3) is 0.562. The van der Waals surface area contributed by atoms with Crippen molar-refractivity contribution in [3.8, 4) is 5.75 Å². The molecule has 5 heteroatoms. The van der Waals surface area contributed by atoms with Gasteiger partial charge in [-0.05, 0) is 43.5 Å². The number of hydrogen-bond donors (Lipinski definition) is 2. The lowest BCUT2D eigenvalue weighted by Gasteiger charge is -2.25. The average Bonchev–Trinajstić information content (AvgIpc) is 2.50. The van der Waals surface area contributed by atoms with Crippen LogP contribution in [0, 0.1) is 13.8 Å². The van der Waals surface area contributed by atoms with Crippen LogP contribution < -0.4 is 15.4 Å². The minimum atomic E-state index is -0.402. The van der Waals surface area contributed by atoms with Gasteiger partial charge in [-0.15, -0.1) is 0 Å². The highest BCUT2D eigenvalue weighted by Crippen LogP contribution is 2.27. The molecular weight excluding hydrogens is 268 g/mol. The fourth-order valence-electron chi connectivity index (χ4n) is 2.62. The minimum Gasteiger partial charge on any atom is -0.496 e. The molecule has 2 rings (SSSR count). The Balaban J connectivity index is 2.07. The van der Waals surface area contributed by atoms with Crippen LogP contribution in [0.25, 0.3) is 0 Å². The van der Waals surface area contributed by atoms with Gasteiger partial charge in [0.05, 0.1) is 19.8 Å². The molecule has 1 aliphatic rings. The molecule has 2 atom stereocenters. The normalized spacial score (nSPS) is 19.9. The molecule has 1 fully saturated rings. The largest absolute Gasteiger partial charge is 0.496 e. The summed E-state index contributed by atoms with van der Waals surface area (Å²) in [5, 5.41) is 6.19. The SMILES string of the molecule is COc1ccc(C(C)NC(=O)C2CNCCO2)c(C)c1C. The van der Waals surface area contributed by atoms with Crippen LogP contribution in [0.15, 0.2) is 12.1 Å². The van der Waals surface area contributed by atoms with E-state index in [1.165, 1.54) is 0 Å². The molecule has 0 aliphatic carbocycles. The van der Waals surface area contributed by atoms with E-state index in [1.807, 2.05) is 26.0 Å². The lowest BCUT2D eigenvalue weighted by atomic mass is 9.97. The van der Waals surface area contributed by atoms with Crippen molar-refractivity contribution in [3.63, 3.8) is 0 Å². The van der Waals surface area contributed by atoms with Crippen LogP contribution in [0.1, 0.15) is 29.7 Å². The summed E-state index contributed by atoms with van der Waals surface area (Å²) in [5.41, 5.74) is 3.35. The predicted molar refractivity (Wildman–Crippen MR) is 81.6 cm³/mol. The summed E-state index contributed by atoms with van der Waals surface area (Å²) >= 11 is 0. The third kappa shape index (κ3) is 3.54. The van der Waals surface area contributed by atoms with E-state index >= 15 is 0 Å². The first-order valence-corrected chi connectivity index (χ1v) is 7.31. The van der Waals surface area contributed by atoms with Gasteiger partial charge >= 0.3 is 0 Å². The number of benzene rings is 1. The van der Waals surface area contributed by atoms with Crippen LogP contribution in [0.4, 0.5) is 0 Å². The summed E-state index contributed by atoms with van der Waals surface area (Å²) in [6.07, 6.45) is -0.402. The molecule has 1 amide bonds. The second kappa shape index (κ2) is 6.91. The van der Waals surface area contributed by atoms with Crippen LogP contribution in [-0.2, 0) is 9.53 Å². The topological polar surface area (TPSA) is 59.6 Å². The molecule has 1 aromatic rings. The number of carbonyl (C=O) groups is 1. The van der Waals surface area contributed by atoms with Crippen LogP contribution in [0.3, 0.4) is 0 Å². The number of amides is 1. The smallest absolute Gasteiger partial charge is 0.250 e. The summed E-state index contributed by atoms with van der Waals surface area (Å²) in [4.78, 5) is 12.2. The Morgan fingerprint density at radius 2 is 2.19 bits per heavy atom. The Labute approximate surface area is 126 Å². The molecule has 1 aromatic carbocycles. The van der Waals surface area contributed by atoms with Crippen LogP contribution >= 0.6 is 0 Å². The summed E-state index contributed by atoms with van der Waals surface area (Å²) in [5.74, 6) is 0.803. The lowest BCUT2D eigenvalue weighted by Crippen LogP contribution is -2.48. The van der Waals surface area contributed by atoms with Crippen LogP contribution in [0.2, 0.25) is 0 Å². The number of morpholine rings is 1. The van der Waals surface area contributed by atoms with Gasteiger partial charge in [0, 0.05) is 13.1 Å². The Bertz CT molecular complexity index is 510. The fourth-order valence-corrected chi connectivity index (χ4v) is 2.62. The first-order chi connectivity index (χ1) is 10.0. The van der Waals surface area contributed by atoms with Gasteiger partial charge in [-0.1, -0.05) is 6.07 Å². The van der Waals surface area contributed by atoms with E-state index in [4.69, 9.17) is 9.47 Å². The Kier molecular flexibility index (Phi) is 5.20. The number of hydrogen-bond acceptors (Lipinski definition) is 4. The van der Waals surface area contributed by atoms with E-state index in [2.05, 4.69) is 17.6 Å². The van der Waals surface area contributed by atoms with Gasteiger partial charge in [0.1, 0.15) is 11.9 Å². The van der Waals surface area contributed by atoms with E-state index in [1.54, 1.807) is 7.11 Å². The summed E-state index contributed by atoms with van der Waals surface area (Å²) in [7, 11) is 1.67. The number of methoxy groups -OCH3 is 1. The molecule has 5 nitrogen and oxygen atoms in total. The molecule has 0 aromatic heterocycles. The van der Waals surface area contributed by atoms with E-state index in [-0.39, 0.29) is 11.9 Å². The summed E-state index contributed by atoms with van der Waals surface area (Å²) in [6, 6.07) is 3.89. The maximum Gasteiger partial charge on any atom is 0.250 e. The quantitative estimate of drug-likeness (QED) is 0.882. The second-order valence-corrected chi connectivity index (χ2v) is 5.40. The standard InChI is InChI=1S/C16H24N2O3/c1-10-11(2)14(20-4)6-5-13(10)12(3)18-16(19)15-9-17-7-8-21-15/h5-6,12,15,17H,7-9H2,1-4H3,(H,18,19). The van der Waals surface area contributed by atoms with Crippen LogP contribution in [-0.4, -0.2) is 38.8 Å². The van der Waals surface area contributed by atoms with Gasteiger partial charge in [0.25, 0.3) is 5.91 Å². The number of carbonyl (C=O) groups excluding carboxylic acids is 1. The molecule has 21 heavy (non-hydrogen) atoms. The highest BCUT2D eigenvalue weighted by Gasteiger charge is 2.24. The zero-order chi connectivity index (χ0) is 15.4. The van der Waals surface area contributed by atoms with Crippen molar-refractivity contribution in [2.24, 2.45) is 0 Å². The third-order valence-electron chi connectivity index (χ3n) is 4.04. The summed E-state index contributed by atoms with van der Waals surface area (Å²) in [6.45, 7) is 8.01. The molecule has 2 unspecified atom stereocenters. The Hall–Kier alpha value is -1.59. The van der Waals surface area contributed by atoms with Crippen molar-refractivity contribution in [2.45, 2.75) is 32.9 Å². The van der Waals surface area contributed by atoms with Gasteiger partial charge < -0.3 is 20.1 Å². The number of nitrogens with one attached hydrogen (secondary N) is 2. The maximum atomic E-state index is 12.2. The molecule has 0 bridgehead atoms. The average molecular weight is 292 g/mol. The van der Waals surface area contributed by atoms with Crippen molar-refractivity contribution in [2.75, 3.05) is 26.8 Å². The highest BCUT2D eigenvalue weighted by atomic mass is 16.5. The van der Waals surface area contributed by atoms with Crippen LogP contribution in [0.5, 0.6) is 5.75 Å². The zero-order valence-corrected chi connectivity index (χ0v) is 13.2. The van der Waals surface area contributed by atoms with Gasteiger partial charge in [-0.2, -0.15) is 0 Å². The first kappa shape index (κ1) is 15.8. The molecule has 116 valence electrons.